The molecule has 102 valence electrons. The summed E-state index contributed by atoms with van der Waals surface area (Å²) in [6, 6.07) is 1.16. The molecule has 0 aliphatic carbocycles. The first-order chi connectivity index (χ1) is 8.58. The van der Waals surface area contributed by atoms with E-state index in [4.69, 9.17) is 0 Å². The third-order valence-corrected chi connectivity index (χ3v) is 3.90. The molecule has 18 heavy (non-hydrogen) atoms. The Bertz CT molecular complexity index is 377. The fourth-order valence-electron chi connectivity index (χ4n) is 2.58. The van der Waals surface area contributed by atoms with E-state index in [0.29, 0.717) is 12.1 Å². The van der Waals surface area contributed by atoms with Crippen LogP contribution < -0.4 is 5.32 Å². The third kappa shape index (κ3) is 3.12. The van der Waals surface area contributed by atoms with Crippen molar-refractivity contribution in [1.82, 2.24) is 20.0 Å². The lowest BCUT2D eigenvalue weighted by molar-refractivity contribution is 0.191. The number of hydrogen-bond acceptors (Lipinski definition) is 3. The van der Waals surface area contributed by atoms with Crippen LogP contribution in [0, 0.1) is 6.92 Å². The average molecular weight is 250 g/mol. The monoisotopic (exact) mass is 250 g/mol. The SMILES string of the molecule is Cc1nn(C(C)C)cc1CN(C)C1CCNCC1. The first-order valence-electron chi connectivity index (χ1n) is 7.03. The van der Waals surface area contributed by atoms with E-state index >= 15 is 0 Å². The van der Waals surface area contributed by atoms with Crippen molar-refractivity contribution in [3.63, 3.8) is 0 Å². The molecule has 1 aliphatic rings. The van der Waals surface area contributed by atoms with Crippen LogP contribution in [-0.4, -0.2) is 40.9 Å². The minimum atomic E-state index is 0.446. The molecule has 0 amide bonds. The van der Waals surface area contributed by atoms with Gasteiger partial charge in [0.1, 0.15) is 0 Å². The van der Waals surface area contributed by atoms with E-state index in [9.17, 15) is 0 Å². The van der Waals surface area contributed by atoms with Crippen LogP contribution in [0.3, 0.4) is 0 Å². The molecule has 0 aromatic carbocycles. The quantitative estimate of drug-likeness (QED) is 0.887. The van der Waals surface area contributed by atoms with Crippen LogP contribution in [-0.2, 0) is 6.54 Å². The van der Waals surface area contributed by atoms with Crippen LogP contribution in [0.1, 0.15) is 44.0 Å². The molecule has 0 radical (unpaired) electrons. The molecule has 1 saturated heterocycles. The van der Waals surface area contributed by atoms with Crippen molar-refractivity contribution in [3.8, 4) is 0 Å². The molecule has 4 nitrogen and oxygen atoms in total. The van der Waals surface area contributed by atoms with Gasteiger partial charge in [0, 0.05) is 30.4 Å². The second-order valence-electron chi connectivity index (χ2n) is 5.71. The molecule has 0 saturated carbocycles. The number of aromatic nitrogens is 2. The highest BCUT2D eigenvalue weighted by Crippen LogP contribution is 2.16. The first kappa shape index (κ1) is 13.6. The lowest BCUT2D eigenvalue weighted by atomic mass is 10.0. The summed E-state index contributed by atoms with van der Waals surface area (Å²) in [5.41, 5.74) is 2.54. The van der Waals surface area contributed by atoms with Gasteiger partial charge in [-0.2, -0.15) is 5.10 Å². The van der Waals surface area contributed by atoms with Gasteiger partial charge < -0.3 is 5.32 Å². The number of aryl methyl sites for hydroxylation is 1. The van der Waals surface area contributed by atoms with Crippen LogP contribution in [0.2, 0.25) is 0 Å². The summed E-state index contributed by atoms with van der Waals surface area (Å²) < 4.78 is 2.07. The van der Waals surface area contributed by atoms with E-state index in [2.05, 4.69) is 54.0 Å². The van der Waals surface area contributed by atoms with Crippen LogP contribution in [0.4, 0.5) is 0 Å². The number of piperidine rings is 1. The lowest BCUT2D eigenvalue weighted by Crippen LogP contribution is -2.40. The van der Waals surface area contributed by atoms with Crippen molar-refractivity contribution in [2.45, 2.75) is 52.2 Å². The van der Waals surface area contributed by atoms with E-state index in [-0.39, 0.29) is 0 Å². The molecule has 4 heteroatoms. The molecule has 1 N–H and O–H groups in total. The number of hydrogen-bond donors (Lipinski definition) is 1. The third-order valence-electron chi connectivity index (χ3n) is 3.90. The smallest absolute Gasteiger partial charge is 0.0638 e. The predicted molar refractivity (Wildman–Crippen MR) is 74.7 cm³/mol. The van der Waals surface area contributed by atoms with E-state index in [1.807, 2.05) is 0 Å². The Labute approximate surface area is 110 Å². The molecule has 0 atom stereocenters. The summed E-state index contributed by atoms with van der Waals surface area (Å²) in [4.78, 5) is 2.48. The molecular weight excluding hydrogens is 224 g/mol. The fraction of sp³-hybridized carbons (Fsp3) is 0.786. The Morgan fingerprint density at radius 3 is 2.67 bits per heavy atom. The van der Waals surface area contributed by atoms with Crippen LogP contribution in [0.25, 0.3) is 0 Å². The topological polar surface area (TPSA) is 33.1 Å². The highest BCUT2D eigenvalue weighted by atomic mass is 15.3. The first-order valence-corrected chi connectivity index (χ1v) is 7.03. The van der Waals surface area contributed by atoms with Gasteiger partial charge in [-0.15, -0.1) is 0 Å². The van der Waals surface area contributed by atoms with Gasteiger partial charge in [-0.05, 0) is 53.8 Å². The Morgan fingerprint density at radius 2 is 2.11 bits per heavy atom. The minimum Gasteiger partial charge on any atom is -0.317 e. The van der Waals surface area contributed by atoms with Gasteiger partial charge in [0.15, 0.2) is 0 Å². The predicted octanol–water partition coefficient (Wildman–Crippen LogP) is 1.96. The van der Waals surface area contributed by atoms with Gasteiger partial charge in [-0.1, -0.05) is 0 Å². The van der Waals surface area contributed by atoms with E-state index < -0.39 is 0 Å². The van der Waals surface area contributed by atoms with Crippen LogP contribution in [0.15, 0.2) is 6.20 Å². The fourth-order valence-corrected chi connectivity index (χ4v) is 2.58. The zero-order valence-electron chi connectivity index (χ0n) is 12.1. The minimum absolute atomic E-state index is 0.446. The van der Waals surface area contributed by atoms with Crippen molar-refractivity contribution >= 4 is 0 Å². The van der Waals surface area contributed by atoms with Crippen molar-refractivity contribution in [1.29, 1.82) is 0 Å². The van der Waals surface area contributed by atoms with Crippen LogP contribution >= 0.6 is 0 Å². The van der Waals surface area contributed by atoms with Gasteiger partial charge in [0.2, 0.25) is 0 Å². The Balaban J connectivity index is 1.99. The van der Waals surface area contributed by atoms with E-state index in [1.54, 1.807) is 0 Å². The highest BCUT2D eigenvalue weighted by Gasteiger charge is 2.19. The van der Waals surface area contributed by atoms with Gasteiger partial charge in [0.25, 0.3) is 0 Å². The maximum absolute atomic E-state index is 4.59. The molecule has 1 aromatic heterocycles. The van der Waals surface area contributed by atoms with Crippen molar-refractivity contribution in [2.24, 2.45) is 0 Å². The number of rotatable bonds is 4. The van der Waals surface area contributed by atoms with Gasteiger partial charge >= 0.3 is 0 Å². The summed E-state index contributed by atoms with van der Waals surface area (Å²) in [6.07, 6.45) is 4.72. The van der Waals surface area contributed by atoms with E-state index in [0.717, 1.165) is 19.6 Å². The normalized spacial score (nSPS) is 17.9. The second-order valence-corrected chi connectivity index (χ2v) is 5.71. The zero-order chi connectivity index (χ0) is 13.1. The van der Waals surface area contributed by atoms with Crippen molar-refractivity contribution in [3.05, 3.63) is 17.5 Å². The zero-order valence-corrected chi connectivity index (χ0v) is 12.1. The maximum atomic E-state index is 4.59. The molecule has 0 bridgehead atoms. The summed E-state index contributed by atoms with van der Waals surface area (Å²) >= 11 is 0. The average Bonchev–Trinajstić information content (AvgIpc) is 2.72. The van der Waals surface area contributed by atoms with Crippen molar-refractivity contribution in [2.75, 3.05) is 20.1 Å². The lowest BCUT2D eigenvalue weighted by Gasteiger charge is -2.31. The maximum Gasteiger partial charge on any atom is 0.0638 e. The summed E-state index contributed by atoms with van der Waals surface area (Å²) in [5.74, 6) is 0. The molecular formula is C14H26N4. The Hall–Kier alpha value is -0.870. The Morgan fingerprint density at radius 1 is 1.44 bits per heavy atom. The largest absolute Gasteiger partial charge is 0.317 e. The van der Waals surface area contributed by atoms with Crippen LogP contribution in [0.5, 0.6) is 0 Å². The highest BCUT2D eigenvalue weighted by molar-refractivity contribution is 5.15. The molecule has 1 aromatic rings. The summed E-state index contributed by atoms with van der Waals surface area (Å²) in [5, 5.41) is 8.01. The summed E-state index contributed by atoms with van der Waals surface area (Å²) in [6.45, 7) is 9.78. The number of nitrogens with zero attached hydrogens (tertiary/aromatic N) is 3. The Kier molecular flexibility index (Phi) is 4.40. The summed E-state index contributed by atoms with van der Waals surface area (Å²) in [7, 11) is 2.24. The van der Waals surface area contributed by atoms with Gasteiger partial charge in [-0.25, -0.2) is 0 Å². The van der Waals surface area contributed by atoms with Crippen molar-refractivity contribution < 1.29 is 0 Å². The molecule has 0 spiro atoms. The molecule has 2 rings (SSSR count). The molecule has 1 aliphatic heterocycles. The number of nitrogens with one attached hydrogen (secondary N) is 1. The van der Waals surface area contributed by atoms with Gasteiger partial charge in [0.05, 0.1) is 5.69 Å². The molecule has 2 heterocycles. The second kappa shape index (κ2) is 5.85. The van der Waals surface area contributed by atoms with Gasteiger partial charge in [-0.3, -0.25) is 9.58 Å². The molecule has 1 fully saturated rings. The standard InChI is InChI=1S/C14H26N4/c1-11(2)18-10-13(12(3)16-18)9-17(4)14-5-7-15-8-6-14/h10-11,14-15H,5-9H2,1-4H3. The molecule has 0 unspecified atom stereocenters. The van der Waals surface area contributed by atoms with E-state index in [1.165, 1.54) is 24.1 Å².